The van der Waals surface area contributed by atoms with Gasteiger partial charge in [-0.25, -0.2) is 15.0 Å². The highest BCUT2D eigenvalue weighted by molar-refractivity contribution is 6.18. The highest BCUT2D eigenvalue weighted by Crippen LogP contribution is 2.49. The molecular formula is C53H33N3. The predicted molar refractivity (Wildman–Crippen MR) is 232 cm³/mol. The zero-order valence-electron chi connectivity index (χ0n) is 30.4. The van der Waals surface area contributed by atoms with Crippen molar-refractivity contribution in [1.82, 2.24) is 15.0 Å². The minimum absolute atomic E-state index is 0.652. The first-order valence-corrected chi connectivity index (χ1v) is 19.0. The number of nitrogens with zero attached hydrogens (tertiary/aromatic N) is 3. The second-order valence-corrected chi connectivity index (χ2v) is 14.4. The smallest absolute Gasteiger partial charge is 0.164 e. The summed E-state index contributed by atoms with van der Waals surface area (Å²) >= 11 is 0. The lowest BCUT2D eigenvalue weighted by atomic mass is 9.93. The molecule has 1 aliphatic carbocycles. The van der Waals surface area contributed by atoms with E-state index in [2.05, 4.69) is 140 Å². The van der Waals surface area contributed by atoms with Gasteiger partial charge in [0.15, 0.2) is 17.5 Å². The summed E-state index contributed by atoms with van der Waals surface area (Å²) < 4.78 is 0. The molecule has 0 bridgehead atoms. The fourth-order valence-electron chi connectivity index (χ4n) is 8.26. The van der Waals surface area contributed by atoms with Gasteiger partial charge >= 0.3 is 0 Å². The van der Waals surface area contributed by atoms with E-state index in [0.717, 1.165) is 22.3 Å². The van der Waals surface area contributed by atoms with Crippen LogP contribution in [0.1, 0.15) is 0 Å². The number of fused-ring (bicyclic) bond motifs is 4. The fraction of sp³-hybridized carbons (Fsp3) is 0. The van der Waals surface area contributed by atoms with E-state index in [4.69, 9.17) is 15.0 Å². The molecular weight excluding hydrogens is 679 g/mol. The van der Waals surface area contributed by atoms with E-state index in [1.807, 2.05) is 60.7 Å². The molecule has 1 aliphatic rings. The van der Waals surface area contributed by atoms with Crippen molar-refractivity contribution in [1.29, 1.82) is 0 Å². The monoisotopic (exact) mass is 711 g/mol. The lowest BCUT2D eigenvalue weighted by Gasteiger charge is -2.11. The van der Waals surface area contributed by atoms with Gasteiger partial charge in [-0.3, -0.25) is 0 Å². The quantitative estimate of drug-likeness (QED) is 0.172. The Bertz CT molecular complexity index is 3010. The maximum atomic E-state index is 4.90. The molecule has 9 aromatic carbocycles. The first-order valence-electron chi connectivity index (χ1n) is 19.0. The maximum absolute atomic E-state index is 4.90. The minimum atomic E-state index is 0.652. The van der Waals surface area contributed by atoms with Crippen LogP contribution < -0.4 is 0 Å². The van der Waals surface area contributed by atoms with E-state index >= 15 is 0 Å². The van der Waals surface area contributed by atoms with Crippen molar-refractivity contribution in [2.45, 2.75) is 0 Å². The van der Waals surface area contributed by atoms with Gasteiger partial charge in [0.1, 0.15) is 0 Å². The van der Waals surface area contributed by atoms with Gasteiger partial charge in [-0.2, -0.15) is 0 Å². The first kappa shape index (κ1) is 32.0. The first-order chi connectivity index (χ1) is 27.7. The highest BCUT2D eigenvalue weighted by Gasteiger charge is 2.22. The topological polar surface area (TPSA) is 38.7 Å². The lowest BCUT2D eigenvalue weighted by Crippen LogP contribution is -2.00. The van der Waals surface area contributed by atoms with Crippen molar-refractivity contribution in [3.63, 3.8) is 0 Å². The Morgan fingerprint density at radius 2 is 0.625 bits per heavy atom. The summed E-state index contributed by atoms with van der Waals surface area (Å²) in [5, 5.41) is 5.09. The second-order valence-electron chi connectivity index (χ2n) is 14.4. The highest BCUT2D eigenvalue weighted by atomic mass is 15.0. The van der Waals surface area contributed by atoms with Crippen LogP contribution in [-0.4, -0.2) is 15.0 Å². The molecule has 0 radical (unpaired) electrons. The minimum Gasteiger partial charge on any atom is -0.208 e. The van der Waals surface area contributed by atoms with E-state index in [0.29, 0.717) is 17.5 Å². The summed E-state index contributed by atoms with van der Waals surface area (Å²) in [6.07, 6.45) is 0. The molecule has 11 rings (SSSR count). The molecule has 0 saturated heterocycles. The zero-order chi connectivity index (χ0) is 37.0. The van der Waals surface area contributed by atoms with E-state index in [1.165, 1.54) is 71.6 Å². The Labute approximate surface area is 325 Å². The van der Waals surface area contributed by atoms with Crippen LogP contribution in [0, 0.1) is 0 Å². The van der Waals surface area contributed by atoms with E-state index in [-0.39, 0.29) is 0 Å². The van der Waals surface area contributed by atoms with Gasteiger partial charge in [-0.15, -0.1) is 0 Å². The Kier molecular flexibility index (Phi) is 7.49. The molecule has 0 N–H and O–H groups in total. The molecule has 0 amide bonds. The Hall–Kier alpha value is -7.49. The molecule has 0 fully saturated rings. The van der Waals surface area contributed by atoms with Crippen molar-refractivity contribution in [2.75, 3.05) is 0 Å². The Morgan fingerprint density at radius 3 is 1.16 bits per heavy atom. The van der Waals surface area contributed by atoms with Gasteiger partial charge in [0.25, 0.3) is 0 Å². The molecule has 260 valence electrons. The summed E-state index contributed by atoms with van der Waals surface area (Å²) in [5.74, 6) is 1.97. The summed E-state index contributed by atoms with van der Waals surface area (Å²) in [7, 11) is 0. The van der Waals surface area contributed by atoms with Crippen LogP contribution in [0.4, 0.5) is 0 Å². The molecule has 1 aromatic heterocycles. The molecule has 3 nitrogen and oxygen atoms in total. The molecule has 0 aliphatic heterocycles. The molecule has 3 heteroatoms. The Balaban J connectivity index is 0.867. The van der Waals surface area contributed by atoms with Crippen molar-refractivity contribution in [3.8, 4) is 89.8 Å². The van der Waals surface area contributed by atoms with Crippen molar-refractivity contribution in [3.05, 3.63) is 200 Å². The number of benzene rings is 9. The third-order valence-corrected chi connectivity index (χ3v) is 11.1. The van der Waals surface area contributed by atoms with Crippen LogP contribution in [0.2, 0.25) is 0 Å². The van der Waals surface area contributed by atoms with Crippen LogP contribution in [0.15, 0.2) is 200 Å². The molecule has 56 heavy (non-hydrogen) atoms. The molecule has 0 saturated carbocycles. The van der Waals surface area contributed by atoms with Crippen molar-refractivity contribution >= 4 is 21.5 Å². The van der Waals surface area contributed by atoms with Gasteiger partial charge in [-0.1, -0.05) is 188 Å². The summed E-state index contributed by atoms with van der Waals surface area (Å²) in [4.78, 5) is 14.6. The molecule has 0 spiro atoms. The van der Waals surface area contributed by atoms with Gasteiger partial charge in [0.2, 0.25) is 0 Å². The molecule has 1 heterocycles. The Morgan fingerprint density at radius 1 is 0.232 bits per heavy atom. The second kappa shape index (κ2) is 13.1. The summed E-state index contributed by atoms with van der Waals surface area (Å²) in [6.45, 7) is 0. The van der Waals surface area contributed by atoms with Gasteiger partial charge in [-0.05, 0) is 89.3 Å². The number of hydrogen-bond donors (Lipinski definition) is 0. The van der Waals surface area contributed by atoms with Gasteiger partial charge in [0.05, 0.1) is 0 Å². The third-order valence-electron chi connectivity index (χ3n) is 11.1. The number of hydrogen-bond acceptors (Lipinski definition) is 3. The van der Waals surface area contributed by atoms with E-state index in [1.54, 1.807) is 0 Å². The standard InChI is InChI=1S/C53H33N3/c1-3-10-37(11-4-1)51-54-52(38-12-5-2-6-13-38)56-53(55-51)39-24-20-35(21-25-39)41-27-29-42-32-40(26-28-43(42)33-41)34-18-22-36(23-19-34)44-30-31-49-46-15-8-7-14-45(46)48-17-9-16-47(44)50(48)49/h1-33H. The average Bonchev–Trinajstić information content (AvgIpc) is 3.61. The van der Waals surface area contributed by atoms with Crippen LogP contribution >= 0.6 is 0 Å². The van der Waals surface area contributed by atoms with Crippen LogP contribution in [0.25, 0.3) is 111 Å². The SMILES string of the molecule is c1ccc(-c2nc(-c3ccccc3)nc(-c3ccc(-c4ccc5cc(-c6ccc(-c7ccc8c9c(cccc79)-c7ccccc7-8)cc6)ccc5c4)cc3)n2)cc1. The van der Waals surface area contributed by atoms with Crippen LogP contribution in [0.5, 0.6) is 0 Å². The molecule has 10 aromatic rings. The predicted octanol–water partition coefficient (Wildman–Crippen LogP) is 13.8. The van der Waals surface area contributed by atoms with Gasteiger partial charge in [0, 0.05) is 16.7 Å². The molecule has 0 unspecified atom stereocenters. The summed E-state index contributed by atoms with van der Waals surface area (Å²) in [5.41, 5.74) is 15.4. The average molecular weight is 712 g/mol. The summed E-state index contributed by atoms with van der Waals surface area (Å²) in [6, 6.07) is 71.2. The number of rotatable bonds is 6. The fourth-order valence-corrected chi connectivity index (χ4v) is 8.26. The third kappa shape index (κ3) is 5.49. The van der Waals surface area contributed by atoms with Crippen LogP contribution in [-0.2, 0) is 0 Å². The lowest BCUT2D eigenvalue weighted by molar-refractivity contribution is 1.07. The van der Waals surface area contributed by atoms with E-state index in [9.17, 15) is 0 Å². The van der Waals surface area contributed by atoms with Crippen LogP contribution in [0.3, 0.4) is 0 Å². The van der Waals surface area contributed by atoms with Gasteiger partial charge < -0.3 is 0 Å². The number of aromatic nitrogens is 3. The van der Waals surface area contributed by atoms with Crippen molar-refractivity contribution < 1.29 is 0 Å². The van der Waals surface area contributed by atoms with Crippen molar-refractivity contribution in [2.24, 2.45) is 0 Å². The maximum Gasteiger partial charge on any atom is 0.164 e. The normalized spacial score (nSPS) is 11.6. The largest absolute Gasteiger partial charge is 0.208 e. The zero-order valence-corrected chi connectivity index (χ0v) is 30.4. The molecule has 0 atom stereocenters. The van der Waals surface area contributed by atoms with E-state index < -0.39 is 0 Å².